The van der Waals surface area contributed by atoms with Crippen LogP contribution in [0.2, 0.25) is 0 Å². The van der Waals surface area contributed by atoms with E-state index < -0.39 is 0 Å². The van der Waals surface area contributed by atoms with Crippen LogP contribution in [-0.2, 0) is 11.2 Å². The van der Waals surface area contributed by atoms with Crippen LogP contribution in [0.4, 0.5) is 4.39 Å². The molecule has 1 aliphatic rings. The van der Waals surface area contributed by atoms with E-state index in [1.807, 2.05) is 0 Å². The second-order valence-corrected chi connectivity index (χ2v) is 5.36. The minimum absolute atomic E-state index is 0.0166. The van der Waals surface area contributed by atoms with E-state index in [2.05, 4.69) is 15.9 Å². The number of nitrogens with two attached hydrogens (primary N) is 1. The molecule has 17 heavy (non-hydrogen) atoms. The van der Waals surface area contributed by atoms with E-state index in [1.165, 1.54) is 18.6 Å². The number of rotatable bonds is 3. The molecule has 2 rings (SSSR count). The molecule has 1 fully saturated rings. The normalized spacial score (nSPS) is 22.4. The zero-order valence-corrected chi connectivity index (χ0v) is 11.2. The maximum Gasteiger partial charge on any atom is 0.124 e. The van der Waals surface area contributed by atoms with Crippen LogP contribution < -0.4 is 5.73 Å². The minimum Gasteiger partial charge on any atom is -0.377 e. The smallest absolute Gasteiger partial charge is 0.124 e. The molecule has 2 atom stereocenters. The van der Waals surface area contributed by atoms with Crippen molar-refractivity contribution in [2.24, 2.45) is 5.73 Å². The van der Waals surface area contributed by atoms with Gasteiger partial charge in [0.25, 0.3) is 0 Å². The maximum atomic E-state index is 13.0. The maximum absolute atomic E-state index is 13.0. The van der Waals surface area contributed by atoms with E-state index in [4.69, 9.17) is 10.5 Å². The highest BCUT2D eigenvalue weighted by Gasteiger charge is 2.22. The van der Waals surface area contributed by atoms with Gasteiger partial charge in [-0.25, -0.2) is 4.39 Å². The Morgan fingerprint density at radius 3 is 2.94 bits per heavy atom. The molecule has 1 aliphatic heterocycles. The Balaban J connectivity index is 1.99. The number of benzene rings is 1. The molecule has 0 aromatic heterocycles. The molecule has 94 valence electrons. The lowest BCUT2D eigenvalue weighted by Crippen LogP contribution is -2.40. The zero-order chi connectivity index (χ0) is 12.3. The third-order valence-corrected chi connectivity index (χ3v) is 3.90. The first kappa shape index (κ1) is 13.0. The molecule has 4 heteroatoms. The molecule has 2 N–H and O–H groups in total. The van der Waals surface area contributed by atoms with Crippen LogP contribution in [0.15, 0.2) is 22.7 Å². The predicted molar refractivity (Wildman–Crippen MR) is 69.4 cm³/mol. The fourth-order valence-corrected chi connectivity index (χ4v) is 2.69. The molecular formula is C13H17BrFNO. The van der Waals surface area contributed by atoms with Gasteiger partial charge in [-0.2, -0.15) is 0 Å². The molecule has 1 heterocycles. The van der Waals surface area contributed by atoms with Gasteiger partial charge in [0.05, 0.1) is 6.10 Å². The summed E-state index contributed by atoms with van der Waals surface area (Å²) < 4.78 is 19.4. The minimum atomic E-state index is -0.233. The first-order valence-electron chi connectivity index (χ1n) is 5.98. The first-order valence-corrected chi connectivity index (χ1v) is 6.77. The van der Waals surface area contributed by atoms with Crippen molar-refractivity contribution in [1.29, 1.82) is 0 Å². The van der Waals surface area contributed by atoms with Crippen LogP contribution >= 0.6 is 15.9 Å². The summed E-state index contributed by atoms with van der Waals surface area (Å²) in [7, 11) is 0. The third kappa shape index (κ3) is 3.50. The van der Waals surface area contributed by atoms with Crippen LogP contribution in [-0.4, -0.2) is 18.8 Å². The van der Waals surface area contributed by atoms with Crippen molar-refractivity contribution in [3.05, 3.63) is 34.1 Å². The number of hydrogen-bond acceptors (Lipinski definition) is 2. The van der Waals surface area contributed by atoms with Crippen molar-refractivity contribution < 1.29 is 9.13 Å². The van der Waals surface area contributed by atoms with Gasteiger partial charge >= 0.3 is 0 Å². The highest BCUT2D eigenvalue weighted by atomic mass is 79.9. The summed E-state index contributed by atoms with van der Waals surface area (Å²) in [6, 6.07) is 4.71. The molecule has 0 spiro atoms. The molecule has 0 bridgehead atoms. The van der Waals surface area contributed by atoms with Crippen molar-refractivity contribution in [3.8, 4) is 0 Å². The van der Waals surface area contributed by atoms with Gasteiger partial charge in [0, 0.05) is 17.1 Å². The average Bonchev–Trinajstić information content (AvgIpc) is 2.34. The summed E-state index contributed by atoms with van der Waals surface area (Å²) in [6.45, 7) is 0.808. The molecule has 1 saturated heterocycles. The Bertz CT molecular complexity index is 380. The van der Waals surface area contributed by atoms with Gasteiger partial charge in [0.1, 0.15) is 5.82 Å². The Hall–Kier alpha value is -0.450. The van der Waals surface area contributed by atoms with E-state index in [0.29, 0.717) is 6.42 Å². The third-order valence-electron chi connectivity index (χ3n) is 3.16. The van der Waals surface area contributed by atoms with Crippen LogP contribution in [0, 0.1) is 5.82 Å². The monoisotopic (exact) mass is 301 g/mol. The first-order chi connectivity index (χ1) is 8.16. The number of hydrogen-bond donors (Lipinski definition) is 1. The van der Waals surface area contributed by atoms with Gasteiger partial charge in [0.2, 0.25) is 0 Å². The lowest BCUT2D eigenvalue weighted by atomic mass is 9.97. The molecular weight excluding hydrogens is 285 g/mol. The predicted octanol–water partition coefficient (Wildman–Crippen LogP) is 3.03. The van der Waals surface area contributed by atoms with E-state index in [-0.39, 0.29) is 18.0 Å². The van der Waals surface area contributed by atoms with Gasteiger partial charge in [-0.15, -0.1) is 0 Å². The molecule has 2 nitrogen and oxygen atoms in total. The highest BCUT2D eigenvalue weighted by molar-refractivity contribution is 9.10. The standard InChI is InChI=1S/C13H17BrFNO/c14-11-8-10(15)5-4-9(11)7-12(16)13-3-1-2-6-17-13/h4-5,8,12-13H,1-3,6-7,16H2. The van der Waals surface area contributed by atoms with Crippen molar-refractivity contribution in [3.63, 3.8) is 0 Å². The van der Waals surface area contributed by atoms with Crippen molar-refractivity contribution in [1.82, 2.24) is 0 Å². The van der Waals surface area contributed by atoms with Crippen LogP contribution in [0.1, 0.15) is 24.8 Å². The van der Waals surface area contributed by atoms with Crippen molar-refractivity contribution in [2.45, 2.75) is 37.8 Å². The second kappa shape index (κ2) is 5.94. The van der Waals surface area contributed by atoms with E-state index in [1.54, 1.807) is 6.07 Å². The summed E-state index contributed by atoms with van der Waals surface area (Å²) in [4.78, 5) is 0. The Morgan fingerprint density at radius 1 is 1.47 bits per heavy atom. The fraction of sp³-hybridized carbons (Fsp3) is 0.538. The quantitative estimate of drug-likeness (QED) is 0.931. The summed E-state index contributed by atoms with van der Waals surface area (Å²) in [5.74, 6) is -0.233. The molecule has 1 aromatic carbocycles. The molecule has 0 saturated carbocycles. The van der Waals surface area contributed by atoms with Crippen LogP contribution in [0.3, 0.4) is 0 Å². The van der Waals surface area contributed by atoms with Crippen molar-refractivity contribution in [2.75, 3.05) is 6.61 Å². The van der Waals surface area contributed by atoms with E-state index in [0.717, 1.165) is 29.5 Å². The molecule has 0 amide bonds. The number of halogens is 2. The topological polar surface area (TPSA) is 35.2 Å². The lowest BCUT2D eigenvalue weighted by molar-refractivity contribution is 0.000607. The largest absolute Gasteiger partial charge is 0.377 e. The average molecular weight is 302 g/mol. The van der Waals surface area contributed by atoms with Crippen LogP contribution in [0.5, 0.6) is 0 Å². The molecule has 1 aromatic rings. The van der Waals surface area contributed by atoms with Gasteiger partial charge in [-0.3, -0.25) is 0 Å². The summed E-state index contributed by atoms with van der Waals surface area (Å²) in [5.41, 5.74) is 7.18. The summed E-state index contributed by atoms with van der Waals surface area (Å²) in [6.07, 6.45) is 4.19. The highest BCUT2D eigenvalue weighted by Crippen LogP contribution is 2.22. The fourth-order valence-electron chi connectivity index (χ4n) is 2.18. The number of ether oxygens (including phenoxy) is 1. The molecule has 0 radical (unpaired) electrons. The van der Waals surface area contributed by atoms with Gasteiger partial charge in [0.15, 0.2) is 0 Å². The lowest BCUT2D eigenvalue weighted by Gasteiger charge is -2.28. The van der Waals surface area contributed by atoms with Gasteiger partial charge in [-0.05, 0) is 43.4 Å². The van der Waals surface area contributed by atoms with Gasteiger partial charge < -0.3 is 10.5 Å². The molecule has 0 aliphatic carbocycles. The summed E-state index contributed by atoms with van der Waals surface area (Å²) in [5, 5.41) is 0. The zero-order valence-electron chi connectivity index (χ0n) is 9.66. The Kier molecular flexibility index (Phi) is 4.54. The Morgan fingerprint density at radius 2 is 2.29 bits per heavy atom. The van der Waals surface area contributed by atoms with Crippen molar-refractivity contribution >= 4 is 15.9 Å². The van der Waals surface area contributed by atoms with Gasteiger partial charge in [-0.1, -0.05) is 22.0 Å². The van der Waals surface area contributed by atoms with Crippen LogP contribution in [0.25, 0.3) is 0 Å². The molecule has 2 unspecified atom stereocenters. The summed E-state index contributed by atoms with van der Waals surface area (Å²) >= 11 is 3.36. The Labute approximate surface area is 109 Å². The van der Waals surface area contributed by atoms with E-state index >= 15 is 0 Å². The van der Waals surface area contributed by atoms with E-state index in [9.17, 15) is 4.39 Å². The second-order valence-electron chi connectivity index (χ2n) is 4.51. The SMILES string of the molecule is NC(Cc1ccc(F)cc1Br)C1CCCCO1.